The summed E-state index contributed by atoms with van der Waals surface area (Å²) >= 11 is 0. The van der Waals surface area contributed by atoms with Gasteiger partial charge in [-0.3, -0.25) is 9.59 Å². The maximum atomic E-state index is 12.3. The van der Waals surface area contributed by atoms with E-state index in [4.69, 9.17) is 8.83 Å². The largest absolute Gasteiger partial charge is 0.464 e. The van der Waals surface area contributed by atoms with Crippen molar-refractivity contribution in [1.82, 2.24) is 9.88 Å². The van der Waals surface area contributed by atoms with Crippen LogP contribution in [0.25, 0.3) is 0 Å². The van der Waals surface area contributed by atoms with Crippen LogP contribution >= 0.6 is 0 Å². The first-order chi connectivity index (χ1) is 11.5. The molecule has 0 saturated carbocycles. The molecule has 0 fully saturated rings. The van der Waals surface area contributed by atoms with Gasteiger partial charge in [-0.15, -0.1) is 0 Å². The summed E-state index contributed by atoms with van der Waals surface area (Å²) in [5, 5.41) is 2.82. The fourth-order valence-corrected chi connectivity index (χ4v) is 2.37. The second-order valence-corrected chi connectivity index (χ2v) is 5.58. The number of aryl methyl sites for hydroxylation is 1. The molecular formula is C18H18N2O4. The Bertz CT molecular complexity index is 903. The third-order valence-corrected chi connectivity index (χ3v) is 3.65. The van der Waals surface area contributed by atoms with Crippen LogP contribution < -0.4 is 10.9 Å². The van der Waals surface area contributed by atoms with E-state index < -0.39 is 0 Å². The van der Waals surface area contributed by atoms with E-state index in [1.54, 1.807) is 30.5 Å². The first-order valence-electron chi connectivity index (χ1n) is 7.64. The molecule has 1 atom stereocenters. The van der Waals surface area contributed by atoms with Gasteiger partial charge in [0.1, 0.15) is 17.3 Å². The van der Waals surface area contributed by atoms with Crippen LogP contribution in [0.5, 0.6) is 0 Å². The average Bonchev–Trinajstić information content (AvgIpc) is 3.19. The van der Waals surface area contributed by atoms with Gasteiger partial charge >= 0.3 is 0 Å². The van der Waals surface area contributed by atoms with Crippen LogP contribution in [0.1, 0.15) is 40.8 Å². The molecule has 0 aliphatic heterocycles. The van der Waals surface area contributed by atoms with E-state index in [0.29, 0.717) is 11.5 Å². The minimum Gasteiger partial charge on any atom is -0.464 e. The maximum Gasteiger partial charge on any atom is 0.287 e. The summed E-state index contributed by atoms with van der Waals surface area (Å²) in [6, 6.07) is 11.6. The number of pyridine rings is 1. The molecule has 24 heavy (non-hydrogen) atoms. The minimum absolute atomic E-state index is 0.123. The molecule has 0 aliphatic carbocycles. The van der Waals surface area contributed by atoms with Crippen molar-refractivity contribution in [2.24, 2.45) is 0 Å². The molecule has 0 aliphatic rings. The minimum atomic E-state index is -0.330. The fourth-order valence-electron chi connectivity index (χ4n) is 2.37. The Kier molecular flexibility index (Phi) is 4.37. The van der Waals surface area contributed by atoms with E-state index in [1.807, 2.05) is 26.0 Å². The SMILES string of the molecule is Cc1ccc(C(C)NC(=O)c2ccc(Cn3ccccc3=O)o2)o1. The van der Waals surface area contributed by atoms with Crippen molar-refractivity contribution in [3.05, 3.63) is 82.1 Å². The van der Waals surface area contributed by atoms with Gasteiger partial charge in [0.2, 0.25) is 0 Å². The topological polar surface area (TPSA) is 77.4 Å². The van der Waals surface area contributed by atoms with E-state index >= 15 is 0 Å². The lowest BCUT2D eigenvalue weighted by atomic mass is 10.2. The lowest BCUT2D eigenvalue weighted by Crippen LogP contribution is -2.26. The van der Waals surface area contributed by atoms with Gasteiger partial charge in [0.25, 0.3) is 11.5 Å². The molecule has 0 bridgehead atoms. The van der Waals surface area contributed by atoms with Crippen LogP contribution in [0.15, 0.2) is 62.3 Å². The van der Waals surface area contributed by atoms with Gasteiger partial charge in [0.05, 0.1) is 12.6 Å². The number of carbonyl (C=O) groups excluding carboxylic acids is 1. The van der Waals surface area contributed by atoms with Crippen LogP contribution in [0.4, 0.5) is 0 Å². The Hall–Kier alpha value is -3.02. The van der Waals surface area contributed by atoms with Gasteiger partial charge < -0.3 is 18.7 Å². The number of hydrogen-bond acceptors (Lipinski definition) is 4. The number of rotatable bonds is 5. The van der Waals surface area contributed by atoms with Gasteiger partial charge in [0.15, 0.2) is 5.76 Å². The molecule has 1 amide bonds. The smallest absolute Gasteiger partial charge is 0.287 e. The number of hydrogen-bond donors (Lipinski definition) is 1. The number of carbonyl (C=O) groups is 1. The molecule has 1 unspecified atom stereocenters. The highest BCUT2D eigenvalue weighted by Crippen LogP contribution is 2.17. The van der Waals surface area contributed by atoms with Crippen molar-refractivity contribution < 1.29 is 13.6 Å². The van der Waals surface area contributed by atoms with E-state index in [2.05, 4.69) is 5.32 Å². The zero-order chi connectivity index (χ0) is 17.1. The third kappa shape index (κ3) is 3.48. The van der Waals surface area contributed by atoms with Crippen molar-refractivity contribution >= 4 is 5.91 Å². The number of nitrogens with one attached hydrogen (secondary N) is 1. The molecule has 3 aromatic heterocycles. The summed E-state index contributed by atoms with van der Waals surface area (Å²) in [6.07, 6.45) is 1.67. The van der Waals surface area contributed by atoms with E-state index in [1.165, 1.54) is 10.6 Å². The molecule has 0 aromatic carbocycles. The Morgan fingerprint density at radius 3 is 2.71 bits per heavy atom. The van der Waals surface area contributed by atoms with Gasteiger partial charge in [0, 0.05) is 12.3 Å². The lowest BCUT2D eigenvalue weighted by molar-refractivity contribution is 0.0905. The van der Waals surface area contributed by atoms with Crippen molar-refractivity contribution in [2.45, 2.75) is 26.4 Å². The summed E-state index contributed by atoms with van der Waals surface area (Å²) in [6.45, 7) is 3.96. The number of nitrogens with zero attached hydrogens (tertiary/aromatic N) is 1. The van der Waals surface area contributed by atoms with E-state index in [9.17, 15) is 9.59 Å². The number of amides is 1. The van der Waals surface area contributed by atoms with Crippen LogP contribution in [0.2, 0.25) is 0 Å². The number of furan rings is 2. The Balaban J connectivity index is 1.67. The number of aromatic nitrogens is 1. The molecule has 124 valence electrons. The van der Waals surface area contributed by atoms with E-state index in [0.717, 1.165) is 5.76 Å². The normalized spacial score (nSPS) is 12.1. The Labute approximate surface area is 138 Å². The van der Waals surface area contributed by atoms with E-state index in [-0.39, 0.29) is 29.8 Å². The Morgan fingerprint density at radius 1 is 1.17 bits per heavy atom. The summed E-state index contributed by atoms with van der Waals surface area (Å²) in [5.41, 5.74) is -0.123. The highest BCUT2D eigenvalue weighted by molar-refractivity contribution is 5.91. The standard InChI is InChI=1S/C18H18N2O4/c1-12-6-8-15(23-12)13(2)19-18(22)16-9-7-14(24-16)11-20-10-4-3-5-17(20)21/h3-10,13H,11H2,1-2H3,(H,19,22). The van der Waals surface area contributed by atoms with Gasteiger partial charge in [-0.25, -0.2) is 0 Å². The Morgan fingerprint density at radius 2 is 2.00 bits per heavy atom. The summed E-state index contributed by atoms with van der Waals surface area (Å²) in [4.78, 5) is 24.0. The second-order valence-electron chi connectivity index (χ2n) is 5.58. The molecular weight excluding hydrogens is 308 g/mol. The molecule has 0 spiro atoms. The summed E-state index contributed by atoms with van der Waals surface area (Å²) < 4.78 is 12.5. The quantitative estimate of drug-likeness (QED) is 0.782. The van der Waals surface area contributed by atoms with Crippen LogP contribution in [0, 0.1) is 6.92 Å². The third-order valence-electron chi connectivity index (χ3n) is 3.65. The van der Waals surface area contributed by atoms with Crippen LogP contribution in [-0.2, 0) is 6.54 Å². The molecule has 0 saturated heterocycles. The molecule has 3 aromatic rings. The van der Waals surface area contributed by atoms with Crippen LogP contribution in [-0.4, -0.2) is 10.5 Å². The zero-order valence-corrected chi connectivity index (χ0v) is 13.5. The summed E-state index contributed by atoms with van der Waals surface area (Å²) in [7, 11) is 0. The van der Waals surface area contributed by atoms with Gasteiger partial charge in [-0.05, 0) is 44.2 Å². The van der Waals surface area contributed by atoms with Gasteiger partial charge in [-0.1, -0.05) is 6.07 Å². The predicted molar refractivity (Wildman–Crippen MR) is 87.8 cm³/mol. The van der Waals surface area contributed by atoms with Gasteiger partial charge in [-0.2, -0.15) is 0 Å². The second kappa shape index (κ2) is 6.62. The van der Waals surface area contributed by atoms with Crippen LogP contribution in [0.3, 0.4) is 0 Å². The predicted octanol–water partition coefficient (Wildman–Crippen LogP) is 2.88. The lowest BCUT2D eigenvalue weighted by Gasteiger charge is -2.10. The highest BCUT2D eigenvalue weighted by Gasteiger charge is 2.17. The maximum absolute atomic E-state index is 12.3. The average molecular weight is 326 g/mol. The highest BCUT2D eigenvalue weighted by atomic mass is 16.4. The first-order valence-corrected chi connectivity index (χ1v) is 7.64. The van der Waals surface area contributed by atoms with Crippen molar-refractivity contribution in [3.63, 3.8) is 0 Å². The molecule has 3 heterocycles. The molecule has 3 rings (SSSR count). The zero-order valence-electron chi connectivity index (χ0n) is 13.5. The molecule has 6 nitrogen and oxygen atoms in total. The van der Waals surface area contributed by atoms with Crippen molar-refractivity contribution in [3.8, 4) is 0 Å². The fraction of sp³-hybridized carbons (Fsp3) is 0.222. The van der Waals surface area contributed by atoms with Crippen molar-refractivity contribution in [2.75, 3.05) is 0 Å². The molecule has 0 radical (unpaired) electrons. The molecule has 6 heteroatoms. The first kappa shape index (κ1) is 15.9. The monoisotopic (exact) mass is 326 g/mol. The van der Waals surface area contributed by atoms with Crippen molar-refractivity contribution in [1.29, 1.82) is 0 Å². The summed E-state index contributed by atoms with van der Waals surface area (Å²) in [5.74, 6) is 1.88. The molecule has 1 N–H and O–H groups in total.